The second-order valence-electron chi connectivity index (χ2n) is 6.47. The minimum Gasteiger partial charge on any atom is -0.486 e. The third-order valence-corrected chi connectivity index (χ3v) is 5.56. The molecular formula is C21H20Cl2N2O2S. The Hall–Kier alpha value is -2.08. The first-order valence-electron chi connectivity index (χ1n) is 8.78. The second kappa shape index (κ2) is 9.41. The zero-order valence-corrected chi connectivity index (χ0v) is 17.9. The standard InChI is InChI=1S/C21H20Cl2N2O2S/c1-13-3-6-17(7-4-13)27-11-21-25-16(12-28-21)10-20(26)24-14(2)18-8-5-15(22)9-19(18)23/h3-9,12,14H,10-11H2,1-2H3,(H,24,26). The van der Waals surface area contributed by atoms with Gasteiger partial charge in [0.05, 0.1) is 18.2 Å². The van der Waals surface area contributed by atoms with Crippen LogP contribution in [-0.2, 0) is 17.8 Å². The number of benzene rings is 2. The first kappa shape index (κ1) is 20.6. The number of ether oxygens (including phenoxy) is 1. The molecular weight excluding hydrogens is 415 g/mol. The summed E-state index contributed by atoms with van der Waals surface area (Å²) in [6.07, 6.45) is 0.205. The molecule has 1 unspecified atom stereocenters. The van der Waals surface area contributed by atoms with E-state index in [-0.39, 0.29) is 18.4 Å². The summed E-state index contributed by atoms with van der Waals surface area (Å²) < 4.78 is 5.73. The van der Waals surface area contributed by atoms with Gasteiger partial charge in [0, 0.05) is 15.4 Å². The van der Waals surface area contributed by atoms with E-state index in [1.165, 1.54) is 16.9 Å². The number of nitrogens with one attached hydrogen (secondary N) is 1. The Morgan fingerprint density at radius 2 is 1.96 bits per heavy atom. The molecule has 0 spiro atoms. The number of carbonyl (C=O) groups excluding carboxylic acids is 1. The molecule has 3 aromatic rings. The number of hydrogen-bond acceptors (Lipinski definition) is 4. The lowest BCUT2D eigenvalue weighted by atomic mass is 10.1. The van der Waals surface area contributed by atoms with Crippen LogP contribution in [0.5, 0.6) is 5.75 Å². The molecule has 3 rings (SSSR count). The number of halogens is 2. The normalized spacial score (nSPS) is 11.9. The smallest absolute Gasteiger partial charge is 0.226 e. The van der Waals surface area contributed by atoms with Crippen LogP contribution in [0.1, 0.15) is 34.8 Å². The van der Waals surface area contributed by atoms with Crippen molar-refractivity contribution in [3.8, 4) is 5.75 Å². The van der Waals surface area contributed by atoms with E-state index in [1.54, 1.807) is 12.1 Å². The predicted molar refractivity (Wildman–Crippen MR) is 114 cm³/mol. The van der Waals surface area contributed by atoms with Gasteiger partial charge in [-0.1, -0.05) is 47.0 Å². The Labute approximate surface area is 178 Å². The van der Waals surface area contributed by atoms with Crippen LogP contribution in [0.2, 0.25) is 10.0 Å². The third kappa shape index (κ3) is 5.71. The summed E-state index contributed by atoms with van der Waals surface area (Å²) in [5.74, 6) is 0.684. The second-order valence-corrected chi connectivity index (χ2v) is 8.25. The molecule has 1 heterocycles. The molecule has 1 N–H and O–H groups in total. The number of nitrogens with zero attached hydrogens (tertiary/aromatic N) is 1. The Balaban J connectivity index is 1.52. The molecule has 0 bridgehead atoms. The number of aromatic nitrogens is 1. The van der Waals surface area contributed by atoms with Crippen LogP contribution in [0.3, 0.4) is 0 Å². The van der Waals surface area contributed by atoms with Crippen molar-refractivity contribution < 1.29 is 9.53 Å². The summed E-state index contributed by atoms with van der Waals surface area (Å²) in [6, 6.07) is 12.9. The number of amides is 1. The maximum Gasteiger partial charge on any atom is 0.226 e. The third-order valence-electron chi connectivity index (χ3n) is 4.13. The molecule has 0 saturated heterocycles. The quantitative estimate of drug-likeness (QED) is 0.514. The van der Waals surface area contributed by atoms with Gasteiger partial charge in [0.2, 0.25) is 5.91 Å². The van der Waals surface area contributed by atoms with Gasteiger partial charge in [0.25, 0.3) is 0 Å². The highest BCUT2D eigenvalue weighted by Crippen LogP contribution is 2.26. The summed E-state index contributed by atoms with van der Waals surface area (Å²) in [5.41, 5.74) is 2.73. The highest BCUT2D eigenvalue weighted by atomic mass is 35.5. The van der Waals surface area contributed by atoms with Crippen LogP contribution in [-0.4, -0.2) is 10.9 Å². The maximum absolute atomic E-state index is 12.3. The molecule has 4 nitrogen and oxygen atoms in total. The van der Waals surface area contributed by atoms with Crippen LogP contribution in [0.4, 0.5) is 0 Å². The summed E-state index contributed by atoms with van der Waals surface area (Å²) in [5, 5.41) is 6.75. The van der Waals surface area contributed by atoms with E-state index >= 15 is 0 Å². The molecule has 28 heavy (non-hydrogen) atoms. The molecule has 1 aromatic heterocycles. The van der Waals surface area contributed by atoms with Crippen molar-refractivity contribution in [2.24, 2.45) is 0 Å². The molecule has 0 radical (unpaired) electrons. The van der Waals surface area contributed by atoms with Gasteiger partial charge in [-0.15, -0.1) is 11.3 Å². The number of carbonyl (C=O) groups is 1. The monoisotopic (exact) mass is 434 g/mol. The number of hydrogen-bond donors (Lipinski definition) is 1. The van der Waals surface area contributed by atoms with E-state index in [9.17, 15) is 4.79 Å². The number of aryl methyl sites for hydroxylation is 1. The van der Waals surface area contributed by atoms with Crippen molar-refractivity contribution in [3.05, 3.63) is 79.7 Å². The van der Waals surface area contributed by atoms with Gasteiger partial charge in [0.1, 0.15) is 17.4 Å². The molecule has 7 heteroatoms. The van der Waals surface area contributed by atoms with E-state index in [1.807, 2.05) is 49.6 Å². The number of rotatable bonds is 7. The van der Waals surface area contributed by atoms with Gasteiger partial charge in [-0.05, 0) is 43.7 Å². The van der Waals surface area contributed by atoms with Crippen molar-refractivity contribution >= 4 is 40.4 Å². The van der Waals surface area contributed by atoms with Gasteiger partial charge in [-0.25, -0.2) is 4.98 Å². The molecule has 2 aromatic carbocycles. The first-order valence-corrected chi connectivity index (χ1v) is 10.4. The lowest BCUT2D eigenvalue weighted by molar-refractivity contribution is -0.121. The molecule has 0 fully saturated rings. The fraction of sp³-hybridized carbons (Fsp3) is 0.238. The largest absolute Gasteiger partial charge is 0.486 e. The summed E-state index contributed by atoms with van der Waals surface area (Å²) >= 11 is 13.6. The van der Waals surface area contributed by atoms with E-state index in [2.05, 4.69) is 10.3 Å². The molecule has 0 saturated carbocycles. The van der Waals surface area contributed by atoms with E-state index in [0.717, 1.165) is 22.0 Å². The zero-order chi connectivity index (χ0) is 20.1. The molecule has 146 valence electrons. The molecule has 0 aliphatic rings. The van der Waals surface area contributed by atoms with Gasteiger partial charge in [-0.2, -0.15) is 0 Å². The summed E-state index contributed by atoms with van der Waals surface area (Å²) in [4.78, 5) is 16.8. The fourth-order valence-corrected chi connectivity index (χ4v) is 3.94. The molecule has 0 aliphatic heterocycles. The molecule has 0 aliphatic carbocycles. The average Bonchev–Trinajstić information content (AvgIpc) is 3.08. The van der Waals surface area contributed by atoms with E-state index < -0.39 is 0 Å². The molecule has 1 atom stereocenters. The van der Waals surface area contributed by atoms with Crippen LogP contribution in [0, 0.1) is 6.92 Å². The minimum absolute atomic E-state index is 0.116. The Kier molecular flexibility index (Phi) is 6.94. The van der Waals surface area contributed by atoms with Crippen molar-refractivity contribution in [2.75, 3.05) is 0 Å². The molecule has 1 amide bonds. The topological polar surface area (TPSA) is 51.2 Å². The van der Waals surface area contributed by atoms with Crippen LogP contribution >= 0.6 is 34.5 Å². The van der Waals surface area contributed by atoms with Crippen molar-refractivity contribution in [1.82, 2.24) is 10.3 Å². The van der Waals surface area contributed by atoms with Gasteiger partial charge >= 0.3 is 0 Å². The van der Waals surface area contributed by atoms with Crippen LogP contribution < -0.4 is 10.1 Å². The van der Waals surface area contributed by atoms with Crippen molar-refractivity contribution in [1.29, 1.82) is 0 Å². The first-order chi connectivity index (χ1) is 13.4. The lowest BCUT2D eigenvalue weighted by Crippen LogP contribution is -2.28. The van der Waals surface area contributed by atoms with E-state index in [4.69, 9.17) is 27.9 Å². The summed E-state index contributed by atoms with van der Waals surface area (Å²) in [6.45, 7) is 4.30. The average molecular weight is 435 g/mol. The Bertz CT molecular complexity index is 957. The predicted octanol–water partition coefficient (Wildman–Crippen LogP) is 5.76. The van der Waals surface area contributed by atoms with Crippen LogP contribution in [0.25, 0.3) is 0 Å². The highest BCUT2D eigenvalue weighted by Gasteiger charge is 2.14. The maximum atomic E-state index is 12.3. The van der Waals surface area contributed by atoms with Gasteiger partial charge < -0.3 is 10.1 Å². The van der Waals surface area contributed by atoms with Crippen molar-refractivity contribution in [2.45, 2.75) is 32.9 Å². The zero-order valence-electron chi connectivity index (χ0n) is 15.5. The lowest BCUT2D eigenvalue weighted by Gasteiger charge is -2.15. The SMILES string of the molecule is Cc1ccc(OCc2nc(CC(=O)NC(C)c3ccc(Cl)cc3Cl)cs2)cc1. The number of thiazole rings is 1. The van der Waals surface area contributed by atoms with Crippen molar-refractivity contribution in [3.63, 3.8) is 0 Å². The summed E-state index contributed by atoms with van der Waals surface area (Å²) in [7, 11) is 0. The fourth-order valence-electron chi connectivity index (χ4n) is 2.66. The Morgan fingerprint density at radius 1 is 1.21 bits per heavy atom. The Morgan fingerprint density at radius 3 is 2.68 bits per heavy atom. The van der Waals surface area contributed by atoms with E-state index in [0.29, 0.717) is 16.7 Å². The highest BCUT2D eigenvalue weighted by molar-refractivity contribution is 7.09. The van der Waals surface area contributed by atoms with Crippen LogP contribution in [0.15, 0.2) is 47.8 Å². The van der Waals surface area contributed by atoms with Gasteiger partial charge in [0.15, 0.2) is 0 Å². The van der Waals surface area contributed by atoms with Gasteiger partial charge in [-0.3, -0.25) is 4.79 Å². The minimum atomic E-state index is -0.222.